The third kappa shape index (κ3) is 25.4. The van der Waals surface area contributed by atoms with E-state index in [0.29, 0.717) is 12.8 Å². The molecule has 7 amide bonds. The number of hydrogen-bond acceptors (Lipinski definition) is 17. The number of aliphatic hydroxyl groups excluding tert-OH is 4. The zero-order chi connectivity index (χ0) is 51.9. The van der Waals surface area contributed by atoms with Crippen LogP contribution in [0.1, 0.15) is 104 Å². The van der Waals surface area contributed by atoms with Crippen molar-refractivity contribution < 1.29 is 93.9 Å². The maximum atomic E-state index is 13.5. The standard InChI is InChI=1S/C38H67N11O19/c1-4-5-6-7-8-9-10-13-23(52)18-27(53)39-19-28(54)44-30(31(55)38(63)64)36(60)43-26(20-50)34(58)45-29(22(3)51)35(59)41-24(14-11-16-48(67)46-65)33(57)40-21(2)32(56)42-25(37(61)62)15-12-17-49(68)47-66/h21-26,29-31,50-52,55,65-66H,4-20H2,1-3H3,(H,39,53)(H,40,57)(H,41,59)(H,42,56)(H,43,60)(H,44,54)(H,45,58)(H,61,62)(H,63,64)/b48-46-,49-47-/t21-,22+,23+,24+,25+,26-,29+,30+,31+/m0/s1. The second-order valence-corrected chi connectivity index (χ2v) is 15.6. The van der Waals surface area contributed by atoms with Crippen molar-refractivity contribution in [3.63, 3.8) is 0 Å². The van der Waals surface area contributed by atoms with Crippen LogP contribution in [-0.4, -0.2) is 185 Å². The van der Waals surface area contributed by atoms with Crippen LogP contribution < -0.4 is 37.2 Å². The molecule has 0 aromatic heterocycles. The van der Waals surface area contributed by atoms with Crippen molar-refractivity contribution in [3.8, 4) is 0 Å². The summed E-state index contributed by atoms with van der Waals surface area (Å²) in [5, 5.41) is 119. The number of aliphatic carboxylic acids is 2. The Bertz CT molecular complexity index is 1720. The topological polar surface area (TPSA) is 477 Å². The minimum absolute atomic E-state index is 0.134. The SMILES string of the molecule is CCCCCCCCC[C@@H](O)CC(=O)NCC(=O)N[C@@H](C(=O)N[C@@H](CO)C(=O)N[C@@H](C(=O)N[C@H](CCC/[N+]([O-])=N/O)C(=O)N[C@@H](C)C(=O)N[C@H](CCC/[N+]([O-])=N/O)C(=O)O)[C@@H](C)O)[C@@H](O)C(=O)O. The van der Waals surface area contributed by atoms with Gasteiger partial charge in [0.2, 0.25) is 41.4 Å². The van der Waals surface area contributed by atoms with Crippen LogP contribution in [0.25, 0.3) is 0 Å². The summed E-state index contributed by atoms with van der Waals surface area (Å²) in [4.78, 5) is 114. The molecular formula is C38H67N11O19. The monoisotopic (exact) mass is 981 g/mol. The first-order chi connectivity index (χ1) is 32.0. The maximum absolute atomic E-state index is 13.5. The first-order valence-electron chi connectivity index (χ1n) is 21.8. The van der Waals surface area contributed by atoms with Gasteiger partial charge in [-0.15, -0.1) is 0 Å². The molecule has 0 aliphatic carbocycles. The van der Waals surface area contributed by atoms with Crippen molar-refractivity contribution in [2.45, 2.75) is 159 Å². The number of hydroxylamine groups is 2. The van der Waals surface area contributed by atoms with Crippen molar-refractivity contribution in [3.05, 3.63) is 10.4 Å². The van der Waals surface area contributed by atoms with Crippen molar-refractivity contribution >= 4 is 53.3 Å². The zero-order valence-corrected chi connectivity index (χ0v) is 38.1. The average molecular weight is 982 g/mol. The zero-order valence-electron chi connectivity index (χ0n) is 38.1. The predicted molar refractivity (Wildman–Crippen MR) is 227 cm³/mol. The number of amides is 7. The van der Waals surface area contributed by atoms with Crippen LogP contribution in [0.15, 0.2) is 10.6 Å². The van der Waals surface area contributed by atoms with E-state index < -0.39 is 141 Å². The molecule has 30 nitrogen and oxygen atoms in total. The second-order valence-electron chi connectivity index (χ2n) is 15.6. The number of carboxylic acid groups (broad SMARTS) is 2. The van der Waals surface area contributed by atoms with Gasteiger partial charge in [-0.3, -0.25) is 33.6 Å². The largest absolute Gasteiger partial charge is 0.597 e. The van der Waals surface area contributed by atoms with Gasteiger partial charge in [-0.2, -0.15) is 0 Å². The van der Waals surface area contributed by atoms with E-state index >= 15 is 0 Å². The third-order valence-electron chi connectivity index (χ3n) is 9.94. The molecule has 15 N–H and O–H groups in total. The van der Waals surface area contributed by atoms with Crippen molar-refractivity contribution in [1.29, 1.82) is 0 Å². The van der Waals surface area contributed by atoms with E-state index in [2.05, 4.69) is 38.7 Å². The van der Waals surface area contributed by atoms with Gasteiger partial charge in [-0.05, 0) is 33.1 Å². The molecule has 0 aromatic carbocycles. The van der Waals surface area contributed by atoms with Crippen LogP contribution in [0, 0.1) is 10.4 Å². The van der Waals surface area contributed by atoms with E-state index in [0.717, 1.165) is 52.4 Å². The van der Waals surface area contributed by atoms with Crippen molar-refractivity contribution in [1.82, 2.24) is 37.2 Å². The fraction of sp³-hybridized carbons (Fsp3) is 0.763. The Hall–Kier alpha value is -6.53. The summed E-state index contributed by atoms with van der Waals surface area (Å²) in [5.74, 6) is -12.0. The van der Waals surface area contributed by atoms with Gasteiger partial charge in [0.1, 0.15) is 36.3 Å². The van der Waals surface area contributed by atoms with Gasteiger partial charge in [0.15, 0.2) is 29.7 Å². The Labute approximate surface area is 390 Å². The Morgan fingerprint density at radius 2 is 1.06 bits per heavy atom. The van der Waals surface area contributed by atoms with E-state index in [1.807, 2.05) is 16.0 Å². The van der Waals surface area contributed by atoms with E-state index in [9.17, 15) is 84.2 Å². The van der Waals surface area contributed by atoms with Gasteiger partial charge in [0.25, 0.3) is 0 Å². The van der Waals surface area contributed by atoms with Gasteiger partial charge in [-0.25, -0.2) is 9.59 Å². The number of carbonyl (C=O) groups excluding carboxylic acids is 7. The summed E-state index contributed by atoms with van der Waals surface area (Å²) in [5.41, 5.74) is 0. The number of carboxylic acids is 2. The normalized spacial score (nSPS) is 15.6. The molecule has 0 saturated carbocycles. The molecule has 0 saturated heterocycles. The number of aliphatic hydroxyl groups is 4. The highest BCUT2D eigenvalue weighted by atomic mass is 16.6. The van der Waals surface area contributed by atoms with E-state index in [1.165, 1.54) is 0 Å². The number of carbonyl (C=O) groups is 9. The molecule has 9 atom stereocenters. The van der Waals surface area contributed by atoms with Crippen LogP contribution in [0.5, 0.6) is 0 Å². The molecule has 0 unspecified atom stereocenters. The van der Waals surface area contributed by atoms with Gasteiger partial charge < -0.3 is 88.7 Å². The Kier molecular flexibility index (Phi) is 30.6. The first-order valence-corrected chi connectivity index (χ1v) is 21.8. The fourth-order valence-corrected chi connectivity index (χ4v) is 6.09. The number of nitrogens with one attached hydrogen (secondary N) is 7. The molecule has 0 rings (SSSR count). The predicted octanol–water partition coefficient (Wildman–Crippen LogP) is -3.91. The van der Waals surface area contributed by atoms with E-state index in [-0.39, 0.29) is 35.4 Å². The summed E-state index contributed by atoms with van der Waals surface area (Å²) in [6.07, 6.45) is 0.218. The molecule has 0 aliphatic heterocycles. The molecule has 0 aliphatic rings. The molecule has 0 fully saturated rings. The lowest BCUT2D eigenvalue weighted by molar-refractivity contribution is -0.556. The molecule has 0 spiro atoms. The number of rotatable bonds is 36. The summed E-state index contributed by atoms with van der Waals surface area (Å²) in [7, 11) is 0. The molecule has 0 radical (unpaired) electrons. The summed E-state index contributed by atoms with van der Waals surface area (Å²) < 4.78 is 0. The van der Waals surface area contributed by atoms with Crippen molar-refractivity contribution in [2.75, 3.05) is 26.2 Å². The molecule has 0 aromatic rings. The lowest BCUT2D eigenvalue weighted by atomic mass is 10.0. The molecule has 30 heteroatoms. The van der Waals surface area contributed by atoms with Crippen LogP contribution in [0.4, 0.5) is 0 Å². The number of unbranched alkanes of at least 4 members (excludes halogenated alkanes) is 6. The first kappa shape index (κ1) is 61.5. The van der Waals surface area contributed by atoms with Gasteiger partial charge in [0.05, 0.1) is 31.8 Å². The Morgan fingerprint density at radius 3 is 1.57 bits per heavy atom. The summed E-state index contributed by atoms with van der Waals surface area (Å²) >= 11 is 0. The highest BCUT2D eigenvalue weighted by molar-refractivity contribution is 5.98. The van der Waals surface area contributed by atoms with E-state index in [1.54, 1.807) is 0 Å². The maximum Gasteiger partial charge on any atom is 0.335 e. The average Bonchev–Trinajstić information content (AvgIpc) is 3.28. The highest BCUT2D eigenvalue weighted by Crippen LogP contribution is 2.11. The molecule has 0 bridgehead atoms. The lowest BCUT2D eigenvalue weighted by Crippen LogP contribution is -2.63. The smallest absolute Gasteiger partial charge is 0.335 e. The lowest BCUT2D eigenvalue weighted by Gasteiger charge is -2.28. The number of nitrogens with zero attached hydrogens (tertiary/aromatic N) is 4. The summed E-state index contributed by atoms with van der Waals surface area (Å²) in [6.45, 7) is 1.14. The Morgan fingerprint density at radius 1 is 0.559 bits per heavy atom. The van der Waals surface area contributed by atoms with Crippen LogP contribution in [0.3, 0.4) is 0 Å². The van der Waals surface area contributed by atoms with Crippen LogP contribution in [0.2, 0.25) is 0 Å². The van der Waals surface area contributed by atoms with Gasteiger partial charge in [-0.1, -0.05) is 61.6 Å². The number of hydrogen-bond donors (Lipinski definition) is 15. The quantitative estimate of drug-likeness (QED) is 0.0123. The second kappa shape index (κ2) is 33.9. The van der Waals surface area contributed by atoms with Gasteiger partial charge in [0, 0.05) is 12.8 Å². The minimum atomic E-state index is -2.66. The molecule has 388 valence electrons. The van der Waals surface area contributed by atoms with Crippen LogP contribution >= 0.6 is 0 Å². The molecule has 68 heavy (non-hydrogen) atoms. The highest BCUT2D eigenvalue weighted by Gasteiger charge is 2.37. The van der Waals surface area contributed by atoms with Crippen LogP contribution in [-0.2, 0) is 43.2 Å². The molecular weight excluding hydrogens is 914 g/mol. The molecule has 0 heterocycles. The third-order valence-corrected chi connectivity index (χ3v) is 9.94. The Balaban J connectivity index is 5.85. The minimum Gasteiger partial charge on any atom is -0.597 e. The van der Waals surface area contributed by atoms with Gasteiger partial charge >= 0.3 is 11.9 Å². The summed E-state index contributed by atoms with van der Waals surface area (Å²) in [6, 6.07) is -11.2. The van der Waals surface area contributed by atoms with Crippen molar-refractivity contribution in [2.24, 2.45) is 10.6 Å². The fourth-order valence-electron chi connectivity index (χ4n) is 6.09. The van der Waals surface area contributed by atoms with E-state index in [4.69, 9.17) is 10.4 Å².